The molecule has 0 bridgehead atoms. The van der Waals surface area contributed by atoms with Crippen molar-refractivity contribution in [2.75, 3.05) is 32.1 Å². The number of morpholine rings is 1. The number of nitrogens with zero attached hydrogens (tertiary/aromatic N) is 3. The SMILES string of the molecule is COC(=O)c1cnc(N[C@@H]2C[C@H]3CO[C@@H](C)CN3C2)cn1. The van der Waals surface area contributed by atoms with Crippen molar-refractivity contribution in [3.05, 3.63) is 18.1 Å². The van der Waals surface area contributed by atoms with Crippen molar-refractivity contribution in [1.82, 2.24) is 14.9 Å². The third kappa shape index (κ3) is 3.14. The monoisotopic (exact) mass is 292 g/mol. The fraction of sp³-hybridized carbons (Fsp3) is 0.643. The van der Waals surface area contributed by atoms with Crippen LogP contribution in [0.5, 0.6) is 0 Å². The van der Waals surface area contributed by atoms with Crippen LogP contribution in [0.2, 0.25) is 0 Å². The molecule has 3 heterocycles. The quantitative estimate of drug-likeness (QED) is 0.815. The Balaban J connectivity index is 1.59. The lowest BCUT2D eigenvalue weighted by Crippen LogP contribution is -2.45. The minimum absolute atomic E-state index is 0.217. The Hall–Kier alpha value is -1.73. The van der Waals surface area contributed by atoms with Crippen LogP contribution in [0.3, 0.4) is 0 Å². The smallest absolute Gasteiger partial charge is 0.358 e. The summed E-state index contributed by atoms with van der Waals surface area (Å²) in [6, 6.07) is 0.822. The van der Waals surface area contributed by atoms with Gasteiger partial charge in [0.15, 0.2) is 5.69 Å². The zero-order valence-corrected chi connectivity index (χ0v) is 12.3. The number of esters is 1. The van der Waals surface area contributed by atoms with Crippen LogP contribution in [0.4, 0.5) is 5.82 Å². The van der Waals surface area contributed by atoms with Gasteiger partial charge in [-0.15, -0.1) is 0 Å². The van der Waals surface area contributed by atoms with Crippen molar-refractivity contribution in [3.63, 3.8) is 0 Å². The first kappa shape index (κ1) is 14.2. The first-order valence-corrected chi connectivity index (χ1v) is 7.18. The summed E-state index contributed by atoms with van der Waals surface area (Å²) < 4.78 is 10.3. The number of aromatic nitrogens is 2. The van der Waals surface area contributed by atoms with E-state index in [1.807, 2.05) is 0 Å². The fourth-order valence-corrected chi connectivity index (χ4v) is 2.97. The van der Waals surface area contributed by atoms with Gasteiger partial charge in [0.1, 0.15) is 5.82 Å². The average Bonchev–Trinajstić information content (AvgIpc) is 2.88. The van der Waals surface area contributed by atoms with Gasteiger partial charge in [-0.25, -0.2) is 14.8 Å². The van der Waals surface area contributed by atoms with Gasteiger partial charge >= 0.3 is 5.97 Å². The highest BCUT2D eigenvalue weighted by atomic mass is 16.5. The van der Waals surface area contributed by atoms with E-state index in [4.69, 9.17) is 4.74 Å². The second-order valence-corrected chi connectivity index (χ2v) is 5.61. The molecule has 2 fully saturated rings. The lowest BCUT2D eigenvalue weighted by atomic mass is 10.1. The van der Waals surface area contributed by atoms with Crippen LogP contribution in [-0.4, -0.2) is 65.8 Å². The number of carbonyl (C=O) groups is 1. The largest absolute Gasteiger partial charge is 0.464 e. The molecule has 0 unspecified atom stereocenters. The van der Waals surface area contributed by atoms with Crippen molar-refractivity contribution >= 4 is 11.8 Å². The third-order valence-electron chi connectivity index (χ3n) is 3.99. The van der Waals surface area contributed by atoms with E-state index in [0.29, 0.717) is 24.0 Å². The summed E-state index contributed by atoms with van der Waals surface area (Å²) in [6.07, 6.45) is 4.34. The molecule has 0 amide bonds. The van der Waals surface area contributed by atoms with Crippen molar-refractivity contribution in [3.8, 4) is 0 Å². The molecule has 2 saturated heterocycles. The summed E-state index contributed by atoms with van der Waals surface area (Å²) in [5, 5.41) is 3.37. The van der Waals surface area contributed by atoms with E-state index < -0.39 is 5.97 Å². The highest BCUT2D eigenvalue weighted by Gasteiger charge is 2.36. The molecular weight excluding hydrogens is 272 g/mol. The Morgan fingerprint density at radius 2 is 2.29 bits per heavy atom. The summed E-state index contributed by atoms with van der Waals surface area (Å²) in [4.78, 5) is 22.0. The van der Waals surface area contributed by atoms with Crippen molar-refractivity contribution in [1.29, 1.82) is 0 Å². The molecule has 0 aromatic carbocycles. The number of ether oxygens (including phenoxy) is 2. The first-order valence-electron chi connectivity index (χ1n) is 7.18. The number of fused-ring (bicyclic) bond motifs is 1. The topological polar surface area (TPSA) is 76.6 Å². The normalized spacial score (nSPS) is 29.0. The van der Waals surface area contributed by atoms with Gasteiger partial charge in [-0.05, 0) is 13.3 Å². The third-order valence-corrected chi connectivity index (χ3v) is 3.99. The molecule has 0 radical (unpaired) electrons. The molecule has 2 aliphatic heterocycles. The summed E-state index contributed by atoms with van der Waals surface area (Å²) in [6.45, 7) is 4.87. The molecule has 21 heavy (non-hydrogen) atoms. The van der Waals surface area contributed by atoms with Gasteiger partial charge in [-0.2, -0.15) is 0 Å². The fourth-order valence-electron chi connectivity index (χ4n) is 2.97. The number of carbonyl (C=O) groups excluding carboxylic acids is 1. The van der Waals surface area contributed by atoms with E-state index in [0.717, 1.165) is 26.1 Å². The van der Waals surface area contributed by atoms with E-state index in [9.17, 15) is 4.79 Å². The number of methoxy groups -OCH3 is 1. The minimum Gasteiger partial charge on any atom is -0.464 e. The van der Waals surface area contributed by atoms with Gasteiger partial charge in [-0.3, -0.25) is 4.90 Å². The molecule has 2 aliphatic rings. The predicted octanol–water partition coefficient (Wildman–Crippen LogP) is 0.537. The van der Waals surface area contributed by atoms with Crippen LogP contribution >= 0.6 is 0 Å². The van der Waals surface area contributed by atoms with E-state index in [-0.39, 0.29) is 5.69 Å². The van der Waals surface area contributed by atoms with Gasteiger partial charge < -0.3 is 14.8 Å². The van der Waals surface area contributed by atoms with Crippen LogP contribution in [0.1, 0.15) is 23.8 Å². The lowest BCUT2D eigenvalue weighted by molar-refractivity contribution is -0.0390. The summed E-state index contributed by atoms with van der Waals surface area (Å²) in [5.41, 5.74) is 0.217. The Morgan fingerprint density at radius 3 is 3.00 bits per heavy atom. The Kier molecular flexibility index (Phi) is 4.03. The summed E-state index contributed by atoms with van der Waals surface area (Å²) in [7, 11) is 1.33. The number of hydrogen-bond acceptors (Lipinski definition) is 7. The molecule has 7 heteroatoms. The highest BCUT2D eigenvalue weighted by Crippen LogP contribution is 2.24. The zero-order chi connectivity index (χ0) is 14.8. The predicted molar refractivity (Wildman–Crippen MR) is 76.2 cm³/mol. The number of hydrogen-bond donors (Lipinski definition) is 1. The standard InChI is InChI=1S/C14H20N4O3/c1-9-6-18-7-10(3-11(18)8-21-9)17-13-5-15-12(4-16-13)14(19)20-2/h4-5,9-11H,3,6-8H2,1-2H3,(H,16,17)/t9-,10+,11-/m0/s1. The van der Waals surface area contributed by atoms with Gasteiger partial charge in [0.2, 0.25) is 0 Å². The van der Waals surface area contributed by atoms with Gasteiger partial charge in [0.05, 0.1) is 32.2 Å². The van der Waals surface area contributed by atoms with Crippen molar-refractivity contribution < 1.29 is 14.3 Å². The number of anilines is 1. The maximum atomic E-state index is 11.3. The molecule has 0 spiro atoms. The maximum absolute atomic E-state index is 11.3. The lowest BCUT2D eigenvalue weighted by Gasteiger charge is -2.33. The summed E-state index contributed by atoms with van der Waals surface area (Å²) >= 11 is 0. The van der Waals surface area contributed by atoms with Crippen LogP contribution < -0.4 is 5.32 Å². The van der Waals surface area contributed by atoms with E-state index >= 15 is 0 Å². The average molecular weight is 292 g/mol. The van der Waals surface area contributed by atoms with E-state index in [1.165, 1.54) is 13.3 Å². The first-order chi connectivity index (χ1) is 10.2. The minimum atomic E-state index is -0.474. The molecule has 114 valence electrons. The molecule has 3 atom stereocenters. The number of rotatable bonds is 3. The van der Waals surface area contributed by atoms with Crippen LogP contribution in [0.25, 0.3) is 0 Å². The maximum Gasteiger partial charge on any atom is 0.358 e. The Morgan fingerprint density at radius 1 is 1.43 bits per heavy atom. The van der Waals surface area contributed by atoms with Crippen LogP contribution in [0.15, 0.2) is 12.4 Å². The molecule has 7 nitrogen and oxygen atoms in total. The van der Waals surface area contributed by atoms with E-state index in [2.05, 4.69) is 31.8 Å². The van der Waals surface area contributed by atoms with Crippen molar-refractivity contribution in [2.24, 2.45) is 0 Å². The molecule has 0 saturated carbocycles. The molecule has 0 aliphatic carbocycles. The van der Waals surface area contributed by atoms with Gasteiger partial charge in [0, 0.05) is 25.2 Å². The molecule has 1 aromatic heterocycles. The highest BCUT2D eigenvalue weighted by molar-refractivity contribution is 5.86. The Bertz CT molecular complexity index is 507. The van der Waals surface area contributed by atoms with E-state index in [1.54, 1.807) is 6.20 Å². The number of nitrogens with one attached hydrogen (secondary N) is 1. The zero-order valence-electron chi connectivity index (χ0n) is 12.3. The van der Waals surface area contributed by atoms with Crippen LogP contribution in [0, 0.1) is 0 Å². The molecule has 1 N–H and O–H groups in total. The second-order valence-electron chi connectivity index (χ2n) is 5.61. The van der Waals surface area contributed by atoms with Gasteiger partial charge in [-0.1, -0.05) is 0 Å². The van der Waals surface area contributed by atoms with Gasteiger partial charge in [0.25, 0.3) is 0 Å². The molecule has 1 aromatic rings. The second kappa shape index (κ2) is 5.95. The molecular formula is C14H20N4O3. The summed E-state index contributed by atoms with van der Waals surface area (Å²) in [5.74, 6) is 0.208. The Labute approximate surface area is 123 Å². The molecule has 3 rings (SSSR count). The van der Waals surface area contributed by atoms with Crippen LogP contribution in [-0.2, 0) is 9.47 Å². The van der Waals surface area contributed by atoms with Crippen molar-refractivity contribution in [2.45, 2.75) is 31.5 Å².